The summed E-state index contributed by atoms with van der Waals surface area (Å²) in [5, 5.41) is 0. The SMILES string of the molecule is CC(CS(C)(=O)=O)N1Cc2cc(F)ccc2Oc2cccc(F)c2C1. The summed E-state index contributed by atoms with van der Waals surface area (Å²) in [6.07, 6.45) is 1.17. The highest BCUT2D eigenvalue weighted by atomic mass is 32.2. The average molecular weight is 367 g/mol. The van der Waals surface area contributed by atoms with E-state index in [4.69, 9.17) is 4.74 Å². The monoisotopic (exact) mass is 367 g/mol. The third-order valence-electron chi connectivity index (χ3n) is 4.22. The van der Waals surface area contributed by atoms with Crippen LogP contribution >= 0.6 is 0 Å². The van der Waals surface area contributed by atoms with Crippen molar-refractivity contribution < 1.29 is 21.9 Å². The van der Waals surface area contributed by atoms with Gasteiger partial charge in [0.1, 0.15) is 33.0 Å². The standard InChI is InChI=1S/C18H19F2NO3S/c1-12(11-25(2,22)23)21-9-13-8-14(19)6-7-17(13)24-18-5-3-4-16(20)15(18)10-21/h3-8,12H,9-11H2,1-2H3. The fourth-order valence-electron chi connectivity index (χ4n) is 3.01. The van der Waals surface area contributed by atoms with Crippen molar-refractivity contribution in [3.63, 3.8) is 0 Å². The number of fused-ring (bicyclic) bond motifs is 2. The zero-order chi connectivity index (χ0) is 18.2. The van der Waals surface area contributed by atoms with E-state index in [1.54, 1.807) is 19.1 Å². The molecule has 0 aliphatic carbocycles. The molecule has 25 heavy (non-hydrogen) atoms. The van der Waals surface area contributed by atoms with Gasteiger partial charge in [-0.15, -0.1) is 0 Å². The summed E-state index contributed by atoms with van der Waals surface area (Å²) in [4.78, 5) is 1.82. The third-order valence-corrected chi connectivity index (χ3v) is 5.31. The number of halogens is 2. The molecule has 0 saturated carbocycles. The predicted molar refractivity (Wildman–Crippen MR) is 91.3 cm³/mol. The summed E-state index contributed by atoms with van der Waals surface area (Å²) in [7, 11) is -3.21. The van der Waals surface area contributed by atoms with Gasteiger partial charge in [-0.25, -0.2) is 17.2 Å². The molecular formula is C18H19F2NO3S. The average Bonchev–Trinajstić information content (AvgIpc) is 2.47. The van der Waals surface area contributed by atoms with Crippen LogP contribution in [0.5, 0.6) is 11.5 Å². The summed E-state index contributed by atoms with van der Waals surface area (Å²) in [6, 6.07) is 8.32. The second-order valence-electron chi connectivity index (χ2n) is 6.42. The van der Waals surface area contributed by atoms with Gasteiger partial charge in [0.25, 0.3) is 0 Å². The Kier molecular flexibility index (Phi) is 4.79. The Bertz CT molecular complexity index is 899. The van der Waals surface area contributed by atoms with E-state index in [0.29, 0.717) is 22.6 Å². The number of ether oxygens (including phenoxy) is 1. The zero-order valence-corrected chi connectivity index (χ0v) is 14.8. The molecule has 1 aliphatic heterocycles. The van der Waals surface area contributed by atoms with Gasteiger partial charge in [-0.05, 0) is 37.3 Å². The van der Waals surface area contributed by atoms with E-state index in [9.17, 15) is 17.2 Å². The molecule has 3 rings (SSSR count). The van der Waals surface area contributed by atoms with Gasteiger partial charge < -0.3 is 4.74 Å². The Morgan fingerprint density at radius 1 is 1.16 bits per heavy atom. The number of nitrogens with zero attached hydrogens (tertiary/aromatic N) is 1. The van der Waals surface area contributed by atoms with Gasteiger partial charge in [0.05, 0.1) is 5.75 Å². The Morgan fingerprint density at radius 3 is 2.64 bits per heavy atom. The van der Waals surface area contributed by atoms with Crippen LogP contribution in [-0.2, 0) is 22.9 Å². The molecule has 1 aliphatic rings. The zero-order valence-electron chi connectivity index (χ0n) is 14.0. The number of benzene rings is 2. The van der Waals surface area contributed by atoms with Crippen LogP contribution < -0.4 is 4.74 Å². The maximum atomic E-state index is 14.3. The van der Waals surface area contributed by atoms with Crippen molar-refractivity contribution in [3.05, 3.63) is 59.2 Å². The van der Waals surface area contributed by atoms with Gasteiger partial charge in [-0.3, -0.25) is 4.90 Å². The van der Waals surface area contributed by atoms with Gasteiger partial charge in [0, 0.05) is 36.5 Å². The smallest absolute Gasteiger partial charge is 0.148 e. The Balaban J connectivity index is 2.06. The maximum Gasteiger partial charge on any atom is 0.148 e. The molecule has 134 valence electrons. The van der Waals surface area contributed by atoms with Crippen molar-refractivity contribution in [2.45, 2.75) is 26.1 Å². The molecule has 0 fully saturated rings. The summed E-state index contributed by atoms with van der Waals surface area (Å²) >= 11 is 0. The normalized spacial score (nSPS) is 16.2. The first-order chi connectivity index (χ1) is 11.7. The minimum absolute atomic E-state index is 0.0672. The van der Waals surface area contributed by atoms with Crippen LogP contribution in [0.4, 0.5) is 8.78 Å². The van der Waals surface area contributed by atoms with Crippen LogP contribution in [0.25, 0.3) is 0 Å². The van der Waals surface area contributed by atoms with Crippen LogP contribution in [0.3, 0.4) is 0 Å². The summed E-state index contributed by atoms with van der Waals surface area (Å²) < 4.78 is 57.1. The van der Waals surface area contributed by atoms with Crippen molar-refractivity contribution in [2.75, 3.05) is 12.0 Å². The highest BCUT2D eigenvalue weighted by Crippen LogP contribution is 2.35. The van der Waals surface area contributed by atoms with E-state index in [0.717, 1.165) is 0 Å². The van der Waals surface area contributed by atoms with Crippen molar-refractivity contribution in [1.82, 2.24) is 4.90 Å². The second-order valence-corrected chi connectivity index (χ2v) is 8.60. The topological polar surface area (TPSA) is 46.6 Å². The fourth-order valence-corrected chi connectivity index (χ4v) is 4.10. The van der Waals surface area contributed by atoms with Crippen LogP contribution in [0.2, 0.25) is 0 Å². The summed E-state index contributed by atoms with van der Waals surface area (Å²) in [5.74, 6) is -0.103. The van der Waals surface area contributed by atoms with E-state index >= 15 is 0 Å². The highest BCUT2D eigenvalue weighted by Gasteiger charge is 2.26. The van der Waals surface area contributed by atoms with Crippen LogP contribution in [-0.4, -0.2) is 31.4 Å². The molecule has 0 radical (unpaired) electrons. The first-order valence-electron chi connectivity index (χ1n) is 7.88. The van der Waals surface area contributed by atoms with Crippen LogP contribution in [0.15, 0.2) is 36.4 Å². The van der Waals surface area contributed by atoms with Gasteiger partial charge in [-0.1, -0.05) is 6.07 Å². The van der Waals surface area contributed by atoms with E-state index in [1.807, 2.05) is 4.90 Å². The lowest BCUT2D eigenvalue weighted by Gasteiger charge is -2.32. The molecule has 1 heterocycles. The molecule has 0 N–H and O–H groups in total. The predicted octanol–water partition coefficient (Wildman–Crippen LogP) is 3.51. The lowest BCUT2D eigenvalue weighted by molar-refractivity contribution is 0.193. The van der Waals surface area contributed by atoms with E-state index in [1.165, 1.54) is 30.5 Å². The molecule has 0 spiro atoms. The van der Waals surface area contributed by atoms with Gasteiger partial charge >= 0.3 is 0 Å². The molecule has 2 aromatic carbocycles. The Labute approximate surface area is 146 Å². The van der Waals surface area contributed by atoms with Gasteiger partial charge in [0.15, 0.2) is 0 Å². The molecule has 2 aromatic rings. The molecule has 1 unspecified atom stereocenters. The maximum absolute atomic E-state index is 14.3. The van der Waals surface area contributed by atoms with Gasteiger partial charge in [0.2, 0.25) is 0 Å². The lowest BCUT2D eigenvalue weighted by Crippen LogP contribution is -2.38. The first kappa shape index (κ1) is 17.8. The Morgan fingerprint density at radius 2 is 1.92 bits per heavy atom. The molecular weight excluding hydrogens is 348 g/mol. The van der Waals surface area contributed by atoms with E-state index in [2.05, 4.69) is 0 Å². The number of sulfone groups is 1. The quantitative estimate of drug-likeness (QED) is 0.833. The summed E-state index contributed by atoms with van der Waals surface area (Å²) in [5.41, 5.74) is 0.952. The molecule has 4 nitrogen and oxygen atoms in total. The number of hydrogen-bond acceptors (Lipinski definition) is 4. The highest BCUT2D eigenvalue weighted by molar-refractivity contribution is 7.90. The van der Waals surface area contributed by atoms with Crippen LogP contribution in [0, 0.1) is 11.6 Å². The minimum atomic E-state index is -3.21. The van der Waals surface area contributed by atoms with Crippen molar-refractivity contribution in [2.24, 2.45) is 0 Å². The molecule has 0 saturated heterocycles. The molecule has 1 atom stereocenters. The largest absolute Gasteiger partial charge is 0.457 e. The third kappa shape index (κ3) is 4.16. The fraction of sp³-hybridized carbons (Fsp3) is 0.333. The molecule has 0 amide bonds. The van der Waals surface area contributed by atoms with Gasteiger partial charge in [-0.2, -0.15) is 0 Å². The van der Waals surface area contributed by atoms with Crippen molar-refractivity contribution in [1.29, 1.82) is 0 Å². The molecule has 0 bridgehead atoms. The number of rotatable bonds is 3. The molecule has 7 heteroatoms. The first-order valence-corrected chi connectivity index (χ1v) is 9.94. The van der Waals surface area contributed by atoms with Crippen LogP contribution in [0.1, 0.15) is 18.1 Å². The Hall–Kier alpha value is -1.99. The molecule has 0 aromatic heterocycles. The number of hydrogen-bond donors (Lipinski definition) is 0. The second kappa shape index (κ2) is 6.72. The minimum Gasteiger partial charge on any atom is -0.457 e. The van der Waals surface area contributed by atoms with E-state index < -0.39 is 21.5 Å². The van der Waals surface area contributed by atoms with Crippen molar-refractivity contribution >= 4 is 9.84 Å². The lowest BCUT2D eigenvalue weighted by atomic mass is 10.1. The summed E-state index contributed by atoms with van der Waals surface area (Å²) in [6.45, 7) is 2.20. The van der Waals surface area contributed by atoms with E-state index in [-0.39, 0.29) is 24.9 Å². The van der Waals surface area contributed by atoms with Crippen molar-refractivity contribution in [3.8, 4) is 11.5 Å².